The molecule has 1 aromatic rings. The Labute approximate surface area is 137 Å². The highest BCUT2D eigenvalue weighted by Crippen LogP contribution is 2.45. The van der Waals surface area contributed by atoms with Crippen LogP contribution in [0.15, 0.2) is 18.2 Å². The number of methoxy groups -OCH3 is 2. The van der Waals surface area contributed by atoms with Crippen LogP contribution in [-0.2, 0) is 11.3 Å². The molecule has 1 saturated carbocycles. The third-order valence-electron chi connectivity index (χ3n) is 5.34. The number of hydrogen-bond donors (Lipinski definition) is 1. The molecule has 0 bridgehead atoms. The summed E-state index contributed by atoms with van der Waals surface area (Å²) in [6.45, 7) is 1.39. The second-order valence-corrected chi connectivity index (χ2v) is 6.79. The van der Waals surface area contributed by atoms with Gasteiger partial charge in [0.25, 0.3) is 0 Å². The Balaban J connectivity index is 1.75. The van der Waals surface area contributed by atoms with Crippen LogP contribution in [0.4, 0.5) is 0 Å². The monoisotopic (exact) mass is 318 g/mol. The molecule has 126 valence electrons. The zero-order chi connectivity index (χ0) is 16.4. The summed E-state index contributed by atoms with van der Waals surface area (Å²) < 4.78 is 10.7. The molecule has 3 rings (SSSR count). The lowest BCUT2D eigenvalue weighted by Gasteiger charge is -2.35. The molecule has 1 aromatic carbocycles. The van der Waals surface area contributed by atoms with Crippen molar-refractivity contribution in [3.8, 4) is 11.5 Å². The third-order valence-corrected chi connectivity index (χ3v) is 5.34. The van der Waals surface area contributed by atoms with E-state index in [0.717, 1.165) is 55.7 Å². The van der Waals surface area contributed by atoms with Gasteiger partial charge < -0.3 is 20.1 Å². The van der Waals surface area contributed by atoms with E-state index < -0.39 is 0 Å². The van der Waals surface area contributed by atoms with E-state index in [0.29, 0.717) is 6.54 Å². The summed E-state index contributed by atoms with van der Waals surface area (Å²) in [6.07, 6.45) is 4.85. The molecule has 2 fully saturated rings. The Hall–Kier alpha value is -1.75. The van der Waals surface area contributed by atoms with Crippen molar-refractivity contribution < 1.29 is 14.3 Å². The highest BCUT2D eigenvalue weighted by Gasteiger charge is 2.48. The van der Waals surface area contributed by atoms with Crippen molar-refractivity contribution in [2.24, 2.45) is 11.1 Å². The van der Waals surface area contributed by atoms with Gasteiger partial charge in [-0.3, -0.25) is 4.79 Å². The molecule has 0 unspecified atom stereocenters. The smallest absolute Gasteiger partial charge is 0.229 e. The molecule has 1 aliphatic carbocycles. The van der Waals surface area contributed by atoms with Crippen molar-refractivity contribution in [2.45, 2.75) is 44.7 Å². The summed E-state index contributed by atoms with van der Waals surface area (Å²) in [6, 6.07) is 5.92. The number of carbonyl (C=O) groups excluding carboxylic acids is 1. The molecule has 5 nitrogen and oxygen atoms in total. The van der Waals surface area contributed by atoms with Crippen LogP contribution < -0.4 is 15.2 Å². The molecule has 1 heterocycles. The molecule has 1 aliphatic heterocycles. The summed E-state index contributed by atoms with van der Waals surface area (Å²) >= 11 is 0. The number of amides is 1. The summed E-state index contributed by atoms with van der Waals surface area (Å²) in [5, 5.41) is 0. The Morgan fingerprint density at radius 2 is 2.13 bits per heavy atom. The lowest BCUT2D eigenvalue weighted by Crippen LogP contribution is -2.42. The Bertz CT molecular complexity index is 590. The van der Waals surface area contributed by atoms with Crippen LogP contribution in [-0.4, -0.2) is 37.6 Å². The summed E-state index contributed by atoms with van der Waals surface area (Å²) in [7, 11) is 3.28. The van der Waals surface area contributed by atoms with Gasteiger partial charge in [0.1, 0.15) is 11.5 Å². The largest absolute Gasteiger partial charge is 0.497 e. The molecule has 1 amide bonds. The molecule has 1 spiro atoms. The lowest BCUT2D eigenvalue weighted by atomic mass is 9.71. The predicted molar refractivity (Wildman–Crippen MR) is 88.5 cm³/mol. The van der Waals surface area contributed by atoms with Gasteiger partial charge in [0.05, 0.1) is 19.6 Å². The Morgan fingerprint density at radius 3 is 2.83 bits per heavy atom. The van der Waals surface area contributed by atoms with E-state index in [1.807, 2.05) is 23.1 Å². The number of rotatable bonds is 4. The molecular formula is C18H26N2O3. The van der Waals surface area contributed by atoms with Crippen molar-refractivity contribution in [1.82, 2.24) is 4.90 Å². The Morgan fingerprint density at radius 1 is 1.30 bits per heavy atom. The molecular weight excluding hydrogens is 292 g/mol. The number of carbonyl (C=O) groups is 1. The molecule has 0 aromatic heterocycles. The minimum atomic E-state index is -0.211. The molecule has 2 N–H and O–H groups in total. The first-order valence-corrected chi connectivity index (χ1v) is 8.34. The predicted octanol–water partition coefficient (Wildman–Crippen LogP) is 2.32. The first-order valence-electron chi connectivity index (χ1n) is 8.34. The average Bonchev–Trinajstić information content (AvgIpc) is 2.84. The molecule has 2 atom stereocenters. The lowest BCUT2D eigenvalue weighted by molar-refractivity contribution is -0.138. The van der Waals surface area contributed by atoms with E-state index in [9.17, 15) is 4.79 Å². The van der Waals surface area contributed by atoms with Crippen LogP contribution in [0, 0.1) is 5.41 Å². The number of hydrogen-bond acceptors (Lipinski definition) is 4. The fourth-order valence-electron chi connectivity index (χ4n) is 4.06. The van der Waals surface area contributed by atoms with Crippen molar-refractivity contribution in [1.29, 1.82) is 0 Å². The Kier molecular flexibility index (Phi) is 4.48. The molecule has 23 heavy (non-hydrogen) atoms. The molecule has 5 heteroatoms. The fraction of sp³-hybridized carbons (Fsp3) is 0.611. The molecule has 2 aliphatic rings. The highest BCUT2D eigenvalue weighted by atomic mass is 16.5. The normalized spacial score (nSPS) is 27.5. The van der Waals surface area contributed by atoms with Crippen molar-refractivity contribution in [3.05, 3.63) is 23.8 Å². The zero-order valence-electron chi connectivity index (χ0n) is 14.0. The van der Waals surface area contributed by atoms with Gasteiger partial charge in [-0.15, -0.1) is 0 Å². The maximum atomic E-state index is 13.0. The standard InChI is InChI=1S/C18H26N2O3/c1-22-15-6-5-13(16(10-15)23-2)12-20-9-8-18(17(20)21)7-3-4-14(19)11-18/h5-6,10,14H,3-4,7-9,11-12,19H2,1-2H3/t14-,18-/m0/s1. The first-order chi connectivity index (χ1) is 11.1. The summed E-state index contributed by atoms with van der Waals surface area (Å²) in [5.74, 6) is 1.79. The average molecular weight is 318 g/mol. The maximum Gasteiger partial charge on any atom is 0.229 e. The van der Waals surface area contributed by atoms with Crippen LogP contribution in [0.2, 0.25) is 0 Å². The minimum Gasteiger partial charge on any atom is -0.497 e. The van der Waals surface area contributed by atoms with Gasteiger partial charge in [-0.25, -0.2) is 0 Å². The number of nitrogens with zero attached hydrogens (tertiary/aromatic N) is 1. The molecule has 1 saturated heterocycles. The highest BCUT2D eigenvalue weighted by molar-refractivity contribution is 5.85. The van der Waals surface area contributed by atoms with E-state index >= 15 is 0 Å². The van der Waals surface area contributed by atoms with Gasteiger partial charge in [-0.05, 0) is 37.8 Å². The van der Waals surface area contributed by atoms with Gasteiger partial charge in [0.2, 0.25) is 5.91 Å². The molecule has 0 radical (unpaired) electrons. The van der Waals surface area contributed by atoms with Crippen molar-refractivity contribution in [2.75, 3.05) is 20.8 Å². The van der Waals surface area contributed by atoms with Gasteiger partial charge in [0.15, 0.2) is 0 Å². The van der Waals surface area contributed by atoms with Gasteiger partial charge in [0, 0.05) is 30.8 Å². The fourth-order valence-corrected chi connectivity index (χ4v) is 4.06. The van der Waals surface area contributed by atoms with Crippen LogP contribution >= 0.6 is 0 Å². The summed E-state index contributed by atoms with van der Waals surface area (Å²) in [4.78, 5) is 14.9. The zero-order valence-corrected chi connectivity index (χ0v) is 14.0. The number of likely N-dealkylation sites (tertiary alicyclic amines) is 1. The van der Waals surface area contributed by atoms with E-state index in [4.69, 9.17) is 15.2 Å². The van der Waals surface area contributed by atoms with Crippen molar-refractivity contribution >= 4 is 5.91 Å². The van der Waals surface area contributed by atoms with Gasteiger partial charge >= 0.3 is 0 Å². The number of benzene rings is 1. The first kappa shape index (κ1) is 16.1. The van der Waals surface area contributed by atoms with Gasteiger partial charge in [-0.1, -0.05) is 6.42 Å². The van der Waals surface area contributed by atoms with Crippen LogP contribution in [0.3, 0.4) is 0 Å². The second kappa shape index (κ2) is 6.40. The van der Waals surface area contributed by atoms with Crippen LogP contribution in [0.5, 0.6) is 11.5 Å². The topological polar surface area (TPSA) is 64.8 Å². The maximum absolute atomic E-state index is 13.0. The number of nitrogens with two attached hydrogens (primary N) is 1. The van der Waals surface area contributed by atoms with E-state index in [2.05, 4.69) is 0 Å². The minimum absolute atomic E-state index is 0.170. The third kappa shape index (κ3) is 3.02. The van der Waals surface area contributed by atoms with Crippen molar-refractivity contribution in [3.63, 3.8) is 0 Å². The van der Waals surface area contributed by atoms with E-state index in [1.54, 1.807) is 14.2 Å². The van der Waals surface area contributed by atoms with Gasteiger partial charge in [-0.2, -0.15) is 0 Å². The number of ether oxygens (including phenoxy) is 2. The second-order valence-electron chi connectivity index (χ2n) is 6.79. The quantitative estimate of drug-likeness (QED) is 0.925. The van der Waals surface area contributed by atoms with Crippen LogP contribution in [0.25, 0.3) is 0 Å². The van der Waals surface area contributed by atoms with E-state index in [-0.39, 0.29) is 17.4 Å². The summed E-state index contributed by atoms with van der Waals surface area (Å²) in [5.41, 5.74) is 6.92. The van der Waals surface area contributed by atoms with Crippen LogP contribution in [0.1, 0.15) is 37.7 Å². The van der Waals surface area contributed by atoms with E-state index in [1.165, 1.54) is 0 Å². The SMILES string of the molecule is COc1ccc(CN2CC[C@]3(CCC[C@H](N)C3)C2=O)c(OC)c1.